The van der Waals surface area contributed by atoms with Crippen LogP contribution in [0.25, 0.3) is 0 Å². The van der Waals surface area contributed by atoms with E-state index in [2.05, 4.69) is 13.8 Å². The third kappa shape index (κ3) is 8.49. The molecule has 10 heavy (non-hydrogen) atoms. The van der Waals surface area contributed by atoms with Gasteiger partial charge in [0.25, 0.3) is 0 Å². The summed E-state index contributed by atoms with van der Waals surface area (Å²) in [6.45, 7) is 6.55. The summed E-state index contributed by atoms with van der Waals surface area (Å²) in [4.78, 5) is 0. The summed E-state index contributed by atoms with van der Waals surface area (Å²) in [5, 5.41) is 2.97. The summed E-state index contributed by atoms with van der Waals surface area (Å²) in [6.07, 6.45) is 2.56. The normalized spacial score (nSPS) is 15.8. The Morgan fingerprint density at radius 2 is 1.60 bits per heavy atom. The lowest BCUT2D eigenvalue weighted by Gasteiger charge is -1.76. The van der Waals surface area contributed by atoms with Crippen LogP contribution in [-0.4, -0.2) is 28.4 Å². The molecule has 1 fully saturated rings. The van der Waals surface area contributed by atoms with Gasteiger partial charge >= 0.3 is 0 Å². The molecule has 0 atom stereocenters. The maximum absolute atomic E-state index is 4.94. The Kier molecular flexibility index (Phi) is 9.96. The summed E-state index contributed by atoms with van der Waals surface area (Å²) in [6, 6.07) is 0. The molecule has 0 amide bonds. The maximum atomic E-state index is 4.94. The first-order chi connectivity index (χ1) is 4.91. The van der Waals surface area contributed by atoms with Gasteiger partial charge < -0.3 is 4.74 Å². The molecule has 1 nitrogen and oxygen atoms in total. The van der Waals surface area contributed by atoms with Crippen molar-refractivity contribution in [3.63, 3.8) is 0 Å². The van der Waals surface area contributed by atoms with Crippen LogP contribution in [0.5, 0.6) is 0 Å². The second kappa shape index (κ2) is 9.49. The third-order valence-electron chi connectivity index (χ3n) is 1.53. The Morgan fingerprint density at radius 3 is 1.70 bits per heavy atom. The van der Waals surface area contributed by atoms with E-state index in [1.807, 2.05) is 0 Å². The predicted octanol–water partition coefficient (Wildman–Crippen LogP) is 2.10. The standard InChI is InChI=1S/C4H8O.2C2H5.Al.H/c1-2-4-5-3-1;2*1-2;;/h1-4H2;2*1H2,2H3;;. The van der Waals surface area contributed by atoms with Gasteiger partial charge in [-0.25, -0.2) is 0 Å². The zero-order chi connectivity index (χ0) is 7.66. The number of hydrogen-bond donors (Lipinski definition) is 0. The van der Waals surface area contributed by atoms with Gasteiger partial charge in [0.05, 0.1) is 0 Å². The molecule has 1 saturated heterocycles. The van der Waals surface area contributed by atoms with Crippen molar-refractivity contribution in [2.75, 3.05) is 13.2 Å². The average Bonchev–Trinajstić information content (AvgIpc) is 2.44. The Bertz CT molecular complexity index is 43.6. The van der Waals surface area contributed by atoms with Crippen molar-refractivity contribution in [3.8, 4) is 0 Å². The lowest BCUT2D eigenvalue weighted by Crippen LogP contribution is -1.76. The minimum absolute atomic E-state index is 0.432. The molecule has 1 heterocycles. The van der Waals surface area contributed by atoms with Crippen molar-refractivity contribution in [2.45, 2.75) is 37.3 Å². The topological polar surface area (TPSA) is 9.23 Å². The summed E-state index contributed by atoms with van der Waals surface area (Å²) in [5.41, 5.74) is 0. The molecule has 0 saturated carbocycles. The Morgan fingerprint density at radius 1 is 1.10 bits per heavy atom. The average molecular weight is 158 g/mol. The molecule has 0 spiro atoms. The minimum atomic E-state index is 0.432. The molecule has 0 aliphatic carbocycles. The fraction of sp³-hybridized carbons (Fsp3) is 1.00. The van der Waals surface area contributed by atoms with Crippen LogP contribution in [0.2, 0.25) is 10.6 Å². The quantitative estimate of drug-likeness (QED) is 0.559. The highest BCUT2D eigenvalue weighted by Gasteiger charge is 1.94. The van der Waals surface area contributed by atoms with E-state index < -0.39 is 0 Å². The molecule has 0 bridgehead atoms. The number of hydrogen-bond acceptors (Lipinski definition) is 1. The summed E-state index contributed by atoms with van der Waals surface area (Å²) < 4.78 is 4.94. The summed E-state index contributed by atoms with van der Waals surface area (Å²) >= 11 is 0.432. The third-order valence-corrected chi connectivity index (χ3v) is 2.95. The second-order valence-electron chi connectivity index (χ2n) is 2.67. The van der Waals surface area contributed by atoms with E-state index in [0.29, 0.717) is 15.2 Å². The molecule has 1 aliphatic rings. The lowest BCUT2D eigenvalue weighted by atomic mass is 10.4. The van der Waals surface area contributed by atoms with E-state index in [-0.39, 0.29) is 0 Å². The fourth-order valence-electron chi connectivity index (χ4n) is 0.864. The smallest absolute Gasteiger partial charge is 0.236 e. The van der Waals surface area contributed by atoms with Crippen LogP contribution in [0.15, 0.2) is 0 Å². The zero-order valence-corrected chi connectivity index (χ0v) is 8.77. The van der Waals surface area contributed by atoms with E-state index >= 15 is 0 Å². The largest absolute Gasteiger partial charge is 0.381 e. The fourth-order valence-corrected chi connectivity index (χ4v) is 1.57. The van der Waals surface area contributed by atoms with Gasteiger partial charge in [0.2, 0.25) is 15.2 Å². The van der Waals surface area contributed by atoms with Crippen molar-refractivity contribution < 1.29 is 4.74 Å². The van der Waals surface area contributed by atoms with Gasteiger partial charge in [-0.2, -0.15) is 0 Å². The van der Waals surface area contributed by atoms with Crippen molar-refractivity contribution in [1.82, 2.24) is 0 Å². The van der Waals surface area contributed by atoms with Crippen LogP contribution >= 0.6 is 0 Å². The molecule has 60 valence electrons. The van der Waals surface area contributed by atoms with Gasteiger partial charge in [-0.1, -0.05) is 13.8 Å². The van der Waals surface area contributed by atoms with Gasteiger partial charge in [0, 0.05) is 13.2 Å². The van der Waals surface area contributed by atoms with Gasteiger partial charge in [-0.3, -0.25) is 0 Å². The van der Waals surface area contributed by atoms with Crippen LogP contribution in [0.1, 0.15) is 26.7 Å². The summed E-state index contributed by atoms with van der Waals surface area (Å²) in [5.74, 6) is 0. The van der Waals surface area contributed by atoms with E-state index in [1.165, 1.54) is 23.4 Å². The highest BCUT2D eigenvalue weighted by atomic mass is 27.1. The zero-order valence-electron chi connectivity index (χ0n) is 7.36. The Balaban J connectivity index is 0.000000162. The predicted molar refractivity (Wildman–Crippen MR) is 48.2 cm³/mol. The second-order valence-corrected chi connectivity index (χ2v) is 5.38. The first kappa shape index (κ1) is 10.5. The lowest BCUT2D eigenvalue weighted by molar-refractivity contribution is 0.198. The highest BCUT2D eigenvalue weighted by Crippen LogP contribution is 1.98. The molecule has 0 aromatic heterocycles. The van der Waals surface area contributed by atoms with Crippen molar-refractivity contribution in [2.24, 2.45) is 0 Å². The molecule has 0 unspecified atom stereocenters. The van der Waals surface area contributed by atoms with Crippen molar-refractivity contribution in [1.29, 1.82) is 0 Å². The Labute approximate surface area is 70.9 Å². The SMILES string of the molecule is C1CCOC1.C[CH2][AlH][CH2]C. The molecule has 1 aliphatic heterocycles. The van der Waals surface area contributed by atoms with Crippen LogP contribution in [0.3, 0.4) is 0 Å². The molecular weight excluding hydrogens is 139 g/mol. The van der Waals surface area contributed by atoms with Crippen LogP contribution in [0, 0.1) is 0 Å². The van der Waals surface area contributed by atoms with Crippen LogP contribution < -0.4 is 0 Å². The molecule has 0 N–H and O–H groups in total. The first-order valence-electron chi connectivity index (χ1n) is 4.49. The minimum Gasteiger partial charge on any atom is -0.381 e. The number of rotatable bonds is 2. The van der Waals surface area contributed by atoms with E-state index in [1.54, 1.807) is 0 Å². The van der Waals surface area contributed by atoms with Crippen molar-refractivity contribution >= 4 is 15.2 Å². The molecule has 0 aromatic carbocycles. The summed E-state index contributed by atoms with van der Waals surface area (Å²) in [7, 11) is 0. The van der Waals surface area contributed by atoms with Crippen LogP contribution in [-0.2, 0) is 4.74 Å². The van der Waals surface area contributed by atoms with Gasteiger partial charge in [0.1, 0.15) is 0 Å². The van der Waals surface area contributed by atoms with E-state index in [9.17, 15) is 0 Å². The van der Waals surface area contributed by atoms with E-state index in [0.717, 1.165) is 13.2 Å². The molecule has 2 heteroatoms. The van der Waals surface area contributed by atoms with Crippen LogP contribution in [0.4, 0.5) is 0 Å². The van der Waals surface area contributed by atoms with Gasteiger partial charge in [-0.15, -0.1) is 10.6 Å². The molecule has 1 rings (SSSR count). The highest BCUT2D eigenvalue weighted by molar-refractivity contribution is 6.34. The maximum Gasteiger partial charge on any atom is 0.236 e. The molecule has 0 aromatic rings. The van der Waals surface area contributed by atoms with Gasteiger partial charge in [0.15, 0.2) is 0 Å². The molecule has 0 radical (unpaired) electrons. The molecular formula is C8H19AlO. The van der Waals surface area contributed by atoms with E-state index in [4.69, 9.17) is 4.74 Å². The number of ether oxygens (including phenoxy) is 1. The van der Waals surface area contributed by atoms with Crippen molar-refractivity contribution in [3.05, 3.63) is 0 Å². The van der Waals surface area contributed by atoms with Gasteiger partial charge in [-0.05, 0) is 12.8 Å². The first-order valence-corrected chi connectivity index (χ1v) is 6.49. The monoisotopic (exact) mass is 158 g/mol. The Hall–Kier alpha value is 0.492.